The van der Waals surface area contributed by atoms with Crippen molar-refractivity contribution in [3.05, 3.63) is 12.0 Å². The highest BCUT2D eigenvalue weighted by molar-refractivity contribution is 7.89. The third kappa shape index (κ3) is 2.30. The van der Waals surface area contributed by atoms with Gasteiger partial charge in [0.1, 0.15) is 5.82 Å². The van der Waals surface area contributed by atoms with E-state index in [1.54, 1.807) is 29.0 Å². The summed E-state index contributed by atoms with van der Waals surface area (Å²) in [6.45, 7) is 5.78. The number of sulfonamides is 1. The molecule has 0 aliphatic carbocycles. The lowest BCUT2D eigenvalue weighted by atomic mass is 10.2. The normalized spacial score (nSPS) is 17.1. The zero-order chi connectivity index (χ0) is 13.3. The first kappa shape index (κ1) is 13.5. The van der Waals surface area contributed by atoms with E-state index in [1.165, 1.54) is 0 Å². The van der Waals surface area contributed by atoms with Gasteiger partial charge in [-0.2, -0.15) is 4.31 Å². The molecule has 1 aromatic heterocycles. The maximum absolute atomic E-state index is 12.5. The molecule has 18 heavy (non-hydrogen) atoms. The molecule has 2 rings (SSSR count). The molecule has 1 fully saturated rings. The minimum absolute atomic E-state index is 0.0669. The summed E-state index contributed by atoms with van der Waals surface area (Å²) in [5.74, 6) is 0.705. The molecule has 1 saturated heterocycles. The molecule has 1 aromatic rings. The fourth-order valence-electron chi connectivity index (χ4n) is 1.97. The Morgan fingerprint density at radius 3 is 2.61 bits per heavy atom. The summed E-state index contributed by atoms with van der Waals surface area (Å²) in [5, 5.41) is 3.26. The summed E-state index contributed by atoms with van der Waals surface area (Å²) in [6, 6.07) is 0.0669. The van der Waals surface area contributed by atoms with Crippen LogP contribution >= 0.6 is 0 Å². The average molecular weight is 272 g/mol. The SMILES string of the molecule is CCCN(C1CNC1)S(=O)(=O)c1cn(C)c(C)n1. The highest BCUT2D eigenvalue weighted by Gasteiger charge is 2.35. The molecule has 0 saturated carbocycles. The van der Waals surface area contributed by atoms with Gasteiger partial charge in [0.15, 0.2) is 5.03 Å². The molecule has 0 spiro atoms. The molecule has 0 atom stereocenters. The number of hydrogen-bond donors (Lipinski definition) is 1. The van der Waals surface area contributed by atoms with Gasteiger partial charge in [0.2, 0.25) is 0 Å². The van der Waals surface area contributed by atoms with Crippen LogP contribution in [-0.2, 0) is 17.1 Å². The van der Waals surface area contributed by atoms with Crippen LogP contribution in [0, 0.1) is 6.92 Å². The van der Waals surface area contributed by atoms with Crippen LogP contribution in [0.25, 0.3) is 0 Å². The van der Waals surface area contributed by atoms with E-state index in [2.05, 4.69) is 10.3 Å². The first-order chi connectivity index (χ1) is 8.46. The maximum Gasteiger partial charge on any atom is 0.262 e. The number of hydrogen-bond acceptors (Lipinski definition) is 4. The van der Waals surface area contributed by atoms with Gasteiger partial charge in [-0.05, 0) is 13.3 Å². The molecule has 0 radical (unpaired) electrons. The van der Waals surface area contributed by atoms with E-state index < -0.39 is 10.0 Å². The molecule has 7 heteroatoms. The highest BCUT2D eigenvalue weighted by Crippen LogP contribution is 2.19. The van der Waals surface area contributed by atoms with Crippen LogP contribution in [0.5, 0.6) is 0 Å². The van der Waals surface area contributed by atoms with Gasteiger partial charge in [-0.25, -0.2) is 13.4 Å². The maximum atomic E-state index is 12.5. The van der Waals surface area contributed by atoms with Gasteiger partial charge in [0.25, 0.3) is 10.0 Å². The van der Waals surface area contributed by atoms with Gasteiger partial charge >= 0.3 is 0 Å². The van der Waals surface area contributed by atoms with E-state index in [-0.39, 0.29) is 11.1 Å². The minimum Gasteiger partial charge on any atom is -0.337 e. The van der Waals surface area contributed by atoms with Crippen LogP contribution in [0.2, 0.25) is 0 Å². The fourth-order valence-corrected chi connectivity index (χ4v) is 3.71. The molecule has 0 unspecified atom stereocenters. The molecule has 1 aliphatic rings. The molecule has 1 aliphatic heterocycles. The Morgan fingerprint density at radius 1 is 1.56 bits per heavy atom. The fraction of sp³-hybridized carbons (Fsp3) is 0.727. The third-order valence-corrected chi connectivity index (χ3v) is 5.09. The van der Waals surface area contributed by atoms with E-state index in [1.807, 2.05) is 6.92 Å². The predicted molar refractivity (Wildman–Crippen MR) is 68.8 cm³/mol. The molecule has 1 N–H and O–H groups in total. The van der Waals surface area contributed by atoms with Crippen molar-refractivity contribution in [2.75, 3.05) is 19.6 Å². The average Bonchev–Trinajstić information content (AvgIpc) is 2.57. The standard InChI is InChI=1S/C11H20N4O2S/c1-4-5-15(10-6-12-7-10)18(16,17)11-8-14(3)9(2)13-11/h8,10,12H,4-7H2,1-3H3. The summed E-state index contributed by atoms with van der Waals surface area (Å²) in [6.07, 6.45) is 2.39. The predicted octanol–water partition coefficient (Wildman–Crippen LogP) is 0.101. The second kappa shape index (κ2) is 4.99. The van der Waals surface area contributed by atoms with Crippen molar-refractivity contribution in [2.24, 2.45) is 7.05 Å². The number of aromatic nitrogens is 2. The van der Waals surface area contributed by atoms with Crippen molar-refractivity contribution in [1.82, 2.24) is 19.2 Å². The van der Waals surface area contributed by atoms with E-state index in [0.29, 0.717) is 12.4 Å². The van der Waals surface area contributed by atoms with Crippen LogP contribution < -0.4 is 5.32 Å². The zero-order valence-corrected chi connectivity index (χ0v) is 11.9. The lowest BCUT2D eigenvalue weighted by Crippen LogP contribution is -2.58. The van der Waals surface area contributed by atoms with Crippen molar-refractivity contribution >= 4 is 10.0 Å². The van der Waals surface area contributed by atoms with E-state index >= 15 is 0 Å². The Bertz CT molecular complexity index is 500. The second-order valence-electron chi connectivity index (χ2n) is 4.67. The molecule has 102 valence electrons. The summed E-state index contributed by atoms with van der Waals surface area (Å²) in [4.78, 5) is 4.14. The summed E-state index contributed by atoms with van der Waals surface area (Å²) in [5.41, 5.74) is 0. The van der Waals surface area contributed by atoms with Crippen LogP contribution in [-0.4, -0.2) is 48.0 Å². The van der Waals surface area contributed by atoms with Crippen LogP contribution in [0.1, 0.15) is 19.2 Å². The highest BCUT2D eigenvalue weighted by atomic mass is 32.2. The molecule has 0 amide bonds. The van der Waals surface area contributed by atoms with E-state index in [9.17, 15) is 8.42 Å². The first-order valence-electron chi connectivity index (χ1n) is 6.19. The number of rotatable bonds is 5. The Balaban J connectivity index is 2.32. The Kier molecular flexibility index (Phi) is 3.74. The smallest absolute Gasteiger partial charge is 0.262 e. The summed E-state index contributed by atoms with van der Waals surface area (Å²) >= 11 is 0. The quantitative estimate of drug-likeness (QED) is 0.825. The van der Waals surface area contributed by atoms with E-state index in [4.69, 9.17) is 0 Å². The van der Waals surface area contributed by atoms with Crippen molar-refractivity contribution in [3.8, 4) is 0 Å². The van der Waals surface area contributed by atoms with Crippen LogP contribution in [0.4, 0.5) is 0 Å². The monoisotopic (exact) mass is 272 g/mol. The van der Waals surface area contributed by atoms with Gasteiger partial charge in [0, 0.05) is 32.9 Å². The minimum atomic E-state index is -3.46. The van der Waals surface area contributed by atoms with Gasteiger partial charge in [-0.15, -0.1) is 0 Å². The van der Waals surface area contributed by atoms with Gasteiger partial charge < -0.3 is 9.88 Å². The topological polar surface area (TPSA) is 67.2 Å². The van der Waals surface area contributed by atoms with Crippen molar-refractivity contribution in [1.29, 1.82) is 0 Å². The molecular weight excluding hydrogens is 252 g/mol. The summed E-state index contributed by atoms with van der Waals surface area (Å²) in [7, 11) is -1.66. The lowest BCUT2D eigenvalue weighted by Gasteiger charge is -2.36. The van der Waals surface area contributed by atoms with Crippen molar-refractivity contribution in [3.63, 3.8) is 0 Å². The Hall–Kier alpha value is -0.920. The van der Waals surface area contributed by atoms with Crippen LogP contribution in [0.3, 0.4) is 0 Å². The molecular formula is C11H20N4O2S. The Morgan fingerprint density at radius 2 is 2.22 bits per heavy atom. The second-order valence-corrected chi connectivity index (χ2v) is 6.50. The molecule has 0 bridgehead atoms. The van der Waals surface area contributed by atoms with Gasteiger partial charge in [-0.3, -0.25) is 0 Å². The third-order valence-electron chi connectivity index (χ3n) is 3.27. The van der Waals surface area contributed by atoms with Crippen molar-refractivity contribution < 1.29 is 8.42 Å². The molecule has 6 nitrogen and oxygen atoms in total. The van der Waals surface area contributed by atoms with Crippen LogP contribution in [0.15, 0.2) is 11.2 Å². The van der Waals surface area contributed by atoms with Gasteiger partial charge in [0.05, 0.1) is 6.04 Å². The van der Waals surface area contributed by atoms with Gasteiger partial charge in [-0.1, -0.05) is 6.92 Å². The molecule has 2 heterocycles. The lowest BCUT2D eigenvalue weighted by molar-refractivity contribution is 0.241. The molecule has 0 aromatic carbocycles. The first-order valence-corrected chi connectivity index (χ1v) is 7.63. The Labute approximate surface area is 108 Å². The van der Waals surface area contributed by atoms with E-state index in [0.717, 1.165) is 19.5 Å². The number of aryl methyl sites for hydroxylation is 2. The largest absolute Gasteiger partial charge is 0.337 e. The zero-order valence-electron chi connectivity index (χ0n) is 11.0. The number of nitrogens with one attached hydrogen (secondary N) is 1. The number of nitrogens with zero attached hydrogens (tertiary/aromatic N) is 3. The van der Waals surface area contributed by atoms with Crippen molar-refractivity contribution in [2.45, 2.75) is 31.3 Å². The summed E-state index contributed by atoms with van der Waals surface area (Å²) < 4.78 is 28.4. The number of imidazole rings is 1.